The van der Waals surface area contributed by atoms with Gasteiger partial charge in [0.15, 0.2) is 0 Å². The Morgan fingerprint density at radius 3 is 2.37 bits per heavy atom. The van der Waals surface area contributed by atoms with Crippen molar-refractivity contribution >= 4 is 15.7 Å². The summed E-state index contributed by atoms with van der Waals surface area (Å²) in [6.45, 7) is 10.0. The molecular weight excluding hydrogens is 260 g/mol. The summed E-state index contributed by atoms with van der Waals surface area (Å²) in [5.74, 6) is 0. The molecule has 2 N–H and O–H groups in total. The van der Waals surface area contributed by atoms with Crippen molar-refractivity contribution in [1.29, 1.82) is 0 Å². The molecule has 0 aliphatic rings. The Bertz CT molecular complexity index is 524. The second-order valence-electron chi connectivity index (χ2n) is 5.27. The first kappa shape index (κ1) is 16.0. The molecule has 1 rings (SSSR count). The number of hydrogen-bond donors (Lipinski definition) is 2. The Balaban J connectivity index is 2.82. The van der Waals surface area contributed by atoms with E-state index in [0.29, 0.717) is 12.2 Å². The van der Waals surface area contributed by atoms with Gasteiger partial charge in [-0.1, -0.05) is 26.0 Å². The van der Waals surface area contributed by atoms with Crippen LogP contribution in [0.3, 0.4) is 0 Å². The first-order valence-corrected chi connectivity index (χ1v) is 8.10. The molecule has 4 nitrogen and oxygen atoms in total. The third-order valence-corrected chi connectivity index (χ3v) is 4.93. The summed E-state index contributed by atoms with van der Waals surface area (Å²) in [4.78, 5) is 0. The predicted molar refractivity (Wildman–Crippen MR) is 81.1 cm³/mol. The first-order chi connectivity index (χ1) is 8.74. The van der Waals surface area contributed by atoms with Gasteiger partial charge in [0.1, 0.15) is 0 Å². The summed E-state index contributed by atoms with van der Waals surface area (Å²) >= 11 is 0. The Hall–Kier alpha value is -1.07. The fourth-order valence-corrected chi connectivity index (χ4v) is 2.67. The van der Waals surface area contributed by atoms with Gasteiger partial charge in [0.25, 0.3) is 0 Å². The van der Waals surface area contributed by atoms with Gasteiger partial charge in [0.05, 0.1) is 10.9 Å². The van der Waals surface area contributed by atoms with Gasteiger partial charge in [-0.25, -0.2) is 8.42 Å². The number of sulfonamides is 1. The third-order valence-electron chi connectivity index (χ3n) is 3.20. The minimum atomic E-state index is -3.36. The van der Waals surface area contributed by atoms with Crippen molar-refractivity contribution in [2.75, 3.05) is 11.3 Å². The molecule has 1 atom stereocenters. The summed E-state index contributed by atoms with van der Waals surface area (Å²) in [6.07, 6.45) is 0. The fourth-order valence-electron chi connectivity index (χ4n) is 1.63. The van der Waals surface area contributed by atoms with Crippen LogP contribution in [0.25, 0.3) is 0 Å². The predicted octanol–water partition coefficient (Wildman–Crippen LogP) is 2.43. The van der Waals surface area contributed by atoms with E-state index in [1.165, 1.54) is 0 Å². The van der Waals surface area contributed by atoms with Crippen LogP contribution in [-0.2, 0) is 10.0 Å². The van der Waals surface area contributed by atoms with Gasteiger partial charge in [-0.15, -0.1) is 0 Å². The minimum absolute atomic E-state index is 0.276. The highest BCUT2D eigenvalue weighted by molar-refractivity contribution is 7.93. The standard InChI is InChI=1S/C14H24N2O2S/c1-10(2)15-9-12(4)19(17,18)16-14-8-6-7-11(3)13(14)5/h6-8,10,12,15-16H,9H2,1-5H3. The molecule has 108 valence electrons. The van der Waals surface area contributed by atoms with E-state index in [4.69, 9.17) is 0 Å². The van der Waals surface area contributed by atoms with Gasteiger partial charge in [0.2, 0.25) is 10.0 Å². The van der Waals surface area contributed by atoms with Crippen molar-refractivity contribution in [3.8, 4) is 0 Å². The van der Waals surface area contributed by atoms with Crippen LogP contribution in [0.15, 0.2) is 18.2 Å². The zero-order valence-electron chi connectivity index (χ0n) is 12.3. The molecule has 1 aromatic rings. The molecule has 0 saturated carbocycles. The molecular formula is C14H24N2O2S. The van der Waals surface area contributed by atoms with E-state index in [0.717, 1.165) is 11.1 Å². The maximum atomic E-state index is 12.2. The van der Waals surface area contributed by atoms with Crippen LogP contribution >= 0.6 is 0 Å². The molecule has 1 aromatic carbocycles. The monoisotopic (exact) mass is 284 g/mol. The molecule has 0 aliphatic carbocycles. The van der Waals surface area contributed by atoms with E-state index in [1.54, 1.807) is 13.0 Å². The zero-order valence-corrected chi connectivity index (χ0v) is 13.1. The van der Waals surface area contributed by atoms with Crippen LogP contribution in [-0.4, -0.2) is 26.3 Å². The first-order valence-electron chi connectivity index (χ1n) is 6.55. The molecule has 0 aliphatic heterocycles. The zero-order chi connectivity index (χ0) is 14.6. The molecule has 5 heteroatoms. The minimum Gasteiger partial charge on any atom is -0.313 e. The topological polar surface area (TPSA) is 58.2 Å². The highest BCUT2D eigenvalue weighted by Crippen LogP contribution is 2.20. The van der Waals surface area contributed by atoms with Crippen molar-refractivity contribution in [2.45, 2.75) is 45.9 Å². The number of benzene rings is 1. The summed E-state index contributed by atoms with van der Waals surface area (Å²) in [5.41, 5.74) is 2.71. The maximum absolute atomic E-state index is 12.2. The second kappa shape index (κ2) is 6.39. The van der Waals surface area contributed by atoms with Gasteiger partial charge in [-0.2, -0.15) is 0 Å². The van der Waals surface area contributed by atoms with Crippen LogP contribution in [0, 0.1) is 13.8 Å². The Kier molecular flexibility index (Phi) is 5.38. The van der Waals surface area contributed by atoms with Crippen LogP contribution in [0.4, 0.5) is 5.69 Å². The second-order valence-corrected chi connectivity index (χ2v) is 7.37. The van der Waals surface area contributed by atoms with Gasteiger partial charge in [0, 0.05) is 12.6 Å². The lowest BCUT2D eigenvalue weighted by Gasteiger charge is -2.18. The van der Waals surface area contributed by atoms with Gasteiger partial charge >= 0.3 is 0 Å². The molecule has 19 heavy (non-hydrogen) atoms. The lowest BCUT2D eigenvalue weighted by molar-refractivity contribution is 0.553. The molecule has 1 unspecified atom stereocenters. The van der Waals surface area contributed by atoms with Crippen LogP contribution in [0.5, 0.6) is 0 Å². The fraction of sp³-hybridized carbons (Fsp3) is 0.571. The SMILES string of the molecule is Cc1cccc(NS(=O)(=O)C(C)CNC(C)C)c1C. The third kappa shape index (κ3) is 4.51. The number of rotatable bonds is 6. The highest BCUT2D eigenvalue weighted by atomic mass is 32.2. The molecule has 0 amide bonds. The van der Waals surface area contributed by atoms with Crippen LogP contribution in [0.2, 0.25) is 0 Å². The average molecular weight is 284 g/mol. The summed E-state index contributed by atoms with van der Waals surface area (Å²) in [6, 6.07) is 5.90. The largest absolute Gasteiger partial charge is 0.313 e. The molecule has 0 bridgehead atoms. The van der Waals surface area contributed by atoms with E-state index < -0.39 is 15.3 Å². The van der Waals surface area contributed by atoms with E-state index in [9.17, 15) is 8.42 Å². The molecule has 0 radical (unpaired) electrons. The number of nitrogens with one attached hydrogen (secondary N) is 2. The normalized spacial score (nSPS) is 13.6. The Labute approximate surface area is 116 Å². The summed E-state index contributed by atoms with van der Waals surface area (Å²) in [5, 5.41) is 2.67. The molecule has 0 aromatic heterocycles. The van der Waals surface area contributed by atoms with E-state index >= 15 is 0 Å². The number of anilines is 1. The summed E-state index contributed by atoms with van der Waals surface area (Å²) < 4.78 is 27.1. The quantitative estimate of drug-likeness (QED) is 0.843. The van der Waals surface area contributed by atoms with Crippen molar-refractivity contribution in [3.05, 3.63) is 29.3 Å². The highest BCUT2D eigenvalue weighted by Gasteiger charge is 2.21. The molecule has 0 spiro atoms. The van der Waals surface area contributed by atoms with E-state index in [-0.39, 0.29) is 6.04 Å². The Morgan fingerprint density at radius 1 is 1.16 bits per heavy atom. The van der Waals surface area contributed by atoms with Gasteiger partial charge in [-0.3, -0.25) is 4.72 Å². The van der Waals surface area contributed by atoms with Gasteiger partial charge < -0.3 is 5.32 Å². The van der Waals surface area contributed by atoms with Crippen molar-refractivity contribution in [1.82, 2.24) is 5.32 Å². The molecule has 0 saturated heterocycles. The lowest BCUT2D eigenvalue weighted by atomic mass is 10.1. The smallest absolute Gasteiger partial charge is 0.236 e. The molecule has 0 fully saturated rings. The van der Waals surface area contributed by atoms with E-state index in [1.807, 2.05) is 39.8 Å². The van der Waals surface area contributed by atoms with Gasteiger partial charge in [-0.05, 0) is 38.0 Å². The average Bonchev–Trinajstić information content (AvgIpc) is 2.31. The lowest BCUT2D eigenvalue weighted by Crippen LogP contribution is -2.37. The van der Waals surface area contributed by atoms with E-state index in [2.05, 4.69) is 10.0 Å². The number of aryl methyl sites for hydroxylation is 1. The van der Waals surface area contributed by atoms with Crippen molar-refractivity contribution in [2.24, 2.45) is 0 Å². The van der Waals surface area contributed by atoms with Crippen LogP contribution in [0.1, 0.15) is 31.9 Å². The van der Waals surface area contributed by atoms with Crippen molar-refractivity contribution < 1.29 is 8.42 Å². The Morgan fingerprint density at radius 2 is 1.79 bits per heavy atom. The molecule has 0 heterocycles. The maximum Gasteiger partial charge on any atom is 0.236 e. The number of hydrogen-bond acceptors (Lipinski definition) is 3. The summed E-state index contributed by atoms with van der Waals surface area (Å²) in [7, 11) is -3.36. The van der Waals surface area contributed by atoms with Crippen LogP contribution < -0.4 is 10.0 Å². The van der Waals surface area contributed by atoms with Crippen molar-refractivity contribution in [3.63, 3.8) is 0 Å².